The van der Waals surface area contributed by atoms with Gasteiger partial charge < -0.3 is 15.2 Å². The Bertz CT molecular complexity index is 1150. The van der Waals surface area contributed by atoms with E-state index in [1.165, 1.54) is 17.7 Å². The van der Waals surface area contributed by atoms with Gasteiger partial charge in [0.15, 0.2) is 5.82 Å². The molecule has 182 valence electrons. The van der Waals surface area contributed by atoms with Crippen molar-refractivity contribution in [2.24, 2.45) is 5.73 Å². The van der Waals surface area contributed by atoms with Crippen LogP contribution in [0.4, 0.5) is 4.39 Å². The van der Waals surface area contributed by atoms with Crippen molar-refractivity contribution in [3.63, 3.8) is 0 Å². The molecule has 1 amide bonds. The van der Waals surface area contributed by atoms with Crippen molar-refractivity contribution >= 4 is 42.3 Å². The Morgan fingerprint density at radius 2 is 1.71 bits per heavy atom. The highest BCUT2D eigenvalue weighted by Gasteiger charge is 2.40. The van der Waals surface area contributed by atoms with Crippen LogP contribution in [-0.2, 0) is 12.0 Å². The predicted octanol–water partition coefficient (Wildman–Crippen LogP) is 4.88. The fourth-order valence-electron chi connectivity index (χ4n) is 5.17. The Labute approximate surface area is 215 Å². The lowest BCUT2D eigenvalue weighted by atomic mass is 9.68. The van der Waals surface area contributed by atoms with Crippen LogP contribution < -0.4 is 5.73 Å². The van der Waals surface area contributed by atoms with E-state index < -0.39 is 0 Å². The second-order valence-electron chi connectivity index (χ2n) is 8.73. The number of carbonyl (C=O) groups excluding carboxylic acids is 1. The highest BCUT2D eigenvalue weighted by molar-refractivity contribution is 6.30. The van der Waals surface area contributed by atoms with E-state index in [4.69, 9.17) is 17.3 Å². The van der Waals surface area contributed by atoms with Gasteiger partial charge in [-0.2, -0.15) is 0 Å². The van der Waals surface area contributed by atoms with Crippen molar-refractivity contribution < 1.29 is 9.18 Å². The summed E-state index contributed by atoms with van der Waals surface area (Å²) in [4.78, 5) is 15.2. The van der Waals surface area contributed by atoms with Gasteiger partial charge in [-0.1, -0.05) is 23.7 Å². The number of benzene rings is 2. The van der Waals surface area contributed by atoms with Crippen molar-refractivity contribution in [1.82, 2.24) is 19.7 Å². The first-order valence-electron chi connectivity index (χ1n) is 11.0. The van der Waals surface area contributed by atoms with Gasteiger partial charge in [-0.25, -0.2) is 4.39 Å². The van der Waals surface area contributed by atoms with Crippen LogP contribution >= 0.6 is 36.4 Å². The Balaban J connectivity index is 0.00000162. The van der Waals surface area contributed by atoms with Gasteiger partial charge in [0, 0.05) is 41.7 Å². The lowest BCUT2D eigenvalue weighted by molar-refractivity contribution is 0.0523. The number of halogens is 4. The third-order valence-corrected chi connectivity index (χ3v) is 7.29. The maximum Gasteiger partial charge on any atom is 0.292 e. The van der Waals surface area contributed by atoms with Gasteiger partial charge in [0.2, 0.25) is 5.82 Å². The molecule has 1 aliphatic carbocycles. The third kappa shape index (κ3) is 4.67. The molecule has 3 aromatic rings. The minimum Gasteiger partial charge on any atom is -0.331 e. The van der Waals surface area contributed by atoms with Crippen LogP contribution in [0.3, 0.4) is 0 Å². The van der Waals surface area contributed by atoms with Gasteiger partial charge in [0.05, 0.1) is 0 Å². The molecule has 1 saturated carbocycles. The average Bonchev–Trinajstić information content (AvgIpc) is 3.25. The molecule has 2 N–H and O–H groups in total. The number of hydrogen-bond acceptors (Lipinski definition) is 4. The lowest BCUT2D eigenvalue weighted by Crippen LogP contribution is -2.50. The normalized spacial score (nSPS) is 21.9. The van der Waals surface area contributed by atoms with E-state index in [0.29, 0.717) is 31.3 Å². The first kappa shape index (κ1) is 26.4. The number of hydrogen-bond donors (Lipinski definition) is 1. The maximum absolute atomic E-state index is 13.3. The summed E-state index contributed by atoms with van der Waals surface area (Å²) in [5, 5.41) is 9.13. The fourth-order valence-corrected chi connectivity index (χ4v) is 5.36. The van der Waals surface area contributed by atoms with Crippen LogP contribution in [0, 0.1) is 5.82 Å². The summed E-state index contributed by atoms with van der Waals surface area (Å²) >= 11 is 6.23. The van der Waals surface area contributed by atoms with E-state index in [9.17, 15) is 9.18 Å². The number of carbonyl (C=O) groups is 1. The Morgan fingerprint density at radius 3 is 2.35 bits per heavy atom. The molecule has 2 aromatic carbocycles. The smallest absolute Gasteiger partial charge is 0.292 e. The van der Waals surface area contributed by atoms with Crippen molar-refractivity contribution in [1.29, 1.82) is 0 Å². The minimum absolute atomic E-state index is 0. The van der Waals surface area contributed by atoms with E-state index in [-0.39, 0.29) is 48.0 Å². The zero-order valence-corrected chi connectivity index (χ0v) is 20.9. The van der Waals surface area contributed by atoms with Crippen LogP contribution in [0.1, 0.15) is 41.9 Å². The Hall–Kier alpha value is -2.19. The molecule has 2 heterocycles. The first-order valence-corrected chi connectivity index (χ1v) is 11.3. The summed E-state index contributed by atoms with van der Waals surface area (Å²) in [6, 6.07) is 14.2. The fraction of sp³-hybridized carbons (Fsp3) is 0.375. The molecule has 5 rings (SSSR count). The van der Waals surface area contributed by atoms with Crippen molar-refractivity contribution in [2.75, 3.05) is 13.1 Å². The van der Waals surface area contributed by atoms with E-state index in [0.717, 1.165) is 36.3 Å². The molecule has 2 aliphatic rings. The summed E-state index contributed by atoms with van der Waals surface area (Å²) < 4.78 is 15.1. The highest BCUT2D eigenvalue weighted by Crippen LogP contribution is 2.41. The summed E-state index contributed by atoms with van der Waals surface area (Å²) in [5.74, 6) is 0.545. The van der Waals surface area contributed by atoms with Gasteiger partial charge in [-0.3, -0.25) is 4.79 Å². The molecule has 10 heteroatoms. The minimum atomic E-state index is -0.307. The Morgan fingerprint density at radius 1 is 1.03 bits per heavy atom. The summed E-state index contributed by atoms with van der Waals surface area (Å²) in [5.41, 5.74) is 8.06. The molecular formula is C24H27Cl3FN5O. The molecule has 1 aliphatic heterocycles. The molecule has 1 fully saturated rings. The van der Waals surface area contributed by atoms with Gasteiger partial charge in [0.25, 0.3) is 5.91 Å². The van der Waals surface area contributed by atoms with Gasteiger partial charge in [-0.15, -0.1) is 35.0 Å². The topological polar surface area (TPSA) is 77.0 Å². The first-order chi connectivity index (χ1) is 15.5. The van der Waals surface area contributed by atoms with Gasteiger partial charge in [-0.05, 0) is 67.6 Å². The van der Waals surface area contributed by atoms with Crippen LogP contribution in [-0.4, -0.2) is 44.7 Å². The van der Waals surface area contributed by atoms with Crippen LogP contribution in [0.2, 0.25) is 5.02 Å². The SMILES string of the molecule is Cl.Cl.NC[C@]1(c2cccc(Cl)c2)CC[C@@H](N2CCn3c(nnc3-c3ccc(F)cc3)C2=O)CC1. The monoisotopic (exact) mass is 525 g/mol. The zero-order chi connectivity index (χ0) is 22.3. The Kier molecular flexibility index (Phi) is 8.24. The molecule has 0 unspecified atom stereocenters. The molecule has 34 heavy (non-hydrogen) atoms. The molecular weight excluding hydrogens is 500 g/mol. The summed E-state index contributed by atoms with van der Waals surface area (Å²) in [7, 11) is 0. The van der Waals surface area contributed by atoms with E-state index in [1.807, 2.05) is 27.7 Å². The second-order valence-corrected chi connectivity index (χ2v) is 9.17. The third-order valence-electron chi connectivity index (χ3n) is 7.05. The van der Waals surface area contributed by atoms with Gasteiger partial charge in [0.1, 0.15) is 5.82 Å². The lowest BCUT2D eigenvalue weighted by Gasteiger charge is -2.44. The molecule has 0 radical (unpaired) electrons. The largest absolute Gasteiger partial charge is 0.331 e. The zero-order valence-electron chi connectivity index (χ0n) is 18.5. The second kappa shape index (κ2) is 10.6. The van der Waals surface area contributed by atoms with E-state index in [2.05, 4.69) is 16.3 Å². The molecule has 6 nitrogen and oxygen atoms in total. The van der Waals surface area contributed by atoms with Crippen LogP contribution in [0.5, 0.6) is 0 Å². The number of rotatable bonds is 4. The van der Waals surface area contributed by atoms with Crippen molar-refractivity contribution in [3.05, 3.63) is 70.8 Å². The standard InChI is InChI=1S/C24H25ClFN5O.2ClH/c25-18-3-1-2-17(14-18)24(15-27)10-8-20(9-11-24)30-12-13-31-21(28-29-22(31)23(30)32)16-4-6-19(26)7-5-16;;/h1-7,14,20H,8-13,15,27H2;2*1H/t20-,24+;;. The quantitative estimate of drug-likeness (QED) is 0.526. The van der Waals surface area contributed by atoms with Crippen LogP contribution in [0.25, 0.3) is 11.4 Å². The number of amides is 1. The number of aromatic nitrogens is 3. The number of nitrogens with zero attached hydrogens (tertiary/aromatic N) is 4. The average molecular weight is 527 g/mol. The van der Waals surface area contributed by atoms with E-state index >= 15 is 0 Å². The number of nitrogens with two attached hydrogens (primary N) is 1. The van der Waals surface area contributed by atoms with Crippen LogP contribution in [0.15, 0.2) is 48.5 Å². The molecule has 0 atom stereocenters. The molecule has 1 aromatic heterocycles. The van der Waals surface area contributed by atoms with E-state index in [1.54, 1.807) is 12.1 Å². The number of fused-ring (bicyclic) bond motifs is 1. The van der Waals surface area contributed by atoms with Crippen molar-refractivity contribution in [3.8, 4) is 11.4 Å². The predicted molar refractivity (Wildman–Crippen MR) is 135 cm³/mol. The molecule has 0 saturated heterocycles. The summed E-state index contributed by atoms with van der Waals surface area (Å²) in [6.45, 7) is 1.78. The van der Waals surface area contributed by atoms with Crippen molar-refractivity contribution in [2.45, 2.75) is 43.7 Å². The maximum atomic E-state index is 13.3. The summed E-state index contributed by atoms with van der Waals surface area (Å²) in [6.07, 6.45) is 3.58. The molecule has 0 spiro atoms. The molecule has 0 bridgehead atoms. The van der Waals surface area contributed by atoms with Gasteiger partial charge >= 0.3 is 0 Å². The highest BCUT2D eigenvalue weighted by atomic mass is 35.5.